The van der Waals surface area contributed by atoms with Crippen LogP contribution >= 0.6 is 11.6 Å². The summed E-state index contributed by atoms with van der Waals surface area (Å²) >= 11 is 6.02. The first-order valence-corrected chi connectivity index (χ1v) is 7.26. The third-order valence-electron chi connectivity index (χ3n) is 3.09. The molecule has 0 saturated carbocycles. The van der Waals surface area contributed by atoms with Crippen LogP contribution in [0, 0.1) is 0 Å². The molecule has 0 spiro atoms. The molecule has 1 N–H and O–H groups in total. The Labute approximate surface area is 140 Å². The molecule has 0 unspecified atom stereocenters. The van der Waals surface area contributed by atoms with Crippen molar-refractivity contribution >= 4 is 29.1 Å². The highest BCUT2D eigenvalue weighted by Gasteiger charge is 2.16. The summed E-state index contributed by atoms with van der Waals surface area (Å²) < 4.78 is 15.2. The van der Waals surface area contributed by atoms with Crippen molar-refractivity contribution in [2.75, 3.05) is 46.3 Å². The van der Waals surface area contributed by atoms with Gasteiger partial charge in [0.1, 0.15) is 11.5 Å². The molecule has 1 rings (SSSR count). The van der Waals surface area contributed by atoms with E-state index in [1.54, 1.807) is 12.1 Å². The molecule has 0 aliphatic rings. The summed E-state index contributed by atoms with van der Waals surface area (Å²) in [6.45, 7) is 1.99. The average Bonchev–Trinajstić information content (AvgIpc) is 2.52. The summed E-state index contributed by atoms with van der Waals surface area (Å²) in [5, 5.41) is 3.06. The molecule has 0 aliphatic heterocycles. The molecule has 8 heteroatoms. The molecule has 7 nitrogen and oxygen atoms in total. The van der Waals surface area contributed by atoms with Crippen molar-refractivity contribution in [3.63, 3.8) is 0 Å². The minimum absolute atomic E-state index is 0.0905. The van der Waals surface area contributed by atoms with E-state index in [0.717, 1.165) is 0 Å². The van der Waals surface area contributed by atoms with E-state index in [-0.39, 0.29) is 18.4 Å². The Morgan fingerprint density at radius 2 is 1.83 bits per heavy atom. The van der Waals surface area contributed by atoms with Gasteiger partial charge in [0, 0.05) is 32.7 Å². The minimum Gasteiger partial charge on any atom is -0.495 e. The third-order valence-corrected chi connectivity index (χ3v) is 3.39. The van der Waals surface area contributed by atoms with Crippen molar-refractivity contribution in [3.8, 4) is 11.5 Å². The molecule has 0 aliphatic carbocycles. The van der Waals surface area contributed by atoms with E-state index < -0.39 is 0 Å². The average molecular weight is 345 g/mol. The smallest absolute Gasteiger partial charge is 0.244 e. The van der Waals surface area contributed by atoms with Gasteiger partial charge in [-0.1, -0.05) is 11.6 Å². The van der Waals surface area contributed by atoms with Crippen molar-refractivity contribution in [1.29, 1.82) is 0 Å². The molecule has 0 fully saturated rings. The van der Waals surface area contributed by atoms with Crippen molar-refractivity contribution in [1.82, 2.24) is 4.90 Å². The van der Waals surface area contributed by atoms with Gasteiger partial charge < -0.3 is 24.4 Å². The zero-order valence-electron chi connectivity index (χ0n) is 13.6. The molecule has 23 heavy (non-hydrogen) atoms. The predicted molar refractivity (Wildman–Crippen MR) is 87.3 cm³/mol. The number of carbonyl (C=O) groups excluding carboxylic acids is 2. The van der Waals surface area contributed by atoms with Gasteiger partial charge in [-0.05, 0) is 0 Å². The molecule has 128 valence electrons. The number of rotatable bonds is 8. The number of methoxy groups -OCH3 is 3. The summed E-state index contributed by atoms with van der Waals surface area (Å²) in [5.41, 5.74) is 0.411. The van der Waals surface area contributed by atoms with Crippen LogP contribution in [0.25, 0.3) is 0 Å². The number of hydrogen-bond acceptors (Lipinski definition) is 5. The van der Waals surface area contributed by atoms with E-state index in [9.17, 15) is 9.59 Å². The third kappa shape index (κ3) is 5.61. The number of carbonyl (C=O) groups is 2. The van der Waals surface area contributed by atoms with Crippen LogP contribution in [0.15, 0.2) is 12.1 Å². The zero-order valence-corrected chi connectivity index (χ0v) is 14.4. The maximum absolute atomic E-state index is 12.2. The summed E-state index contributed by atoms with van der Waals surface area (Å²) in [6, 6.07) is 3.11. The van der Waals surface area contributed by atoms with Gasteiger partial charge in [0.25, 0.3) is 0 Å². The zero-order chi connectivity index (χ0) is 17.4. The fourth-order valence-electron chi connectivity index (χ4n) is 1.87. The molecule has 0 bridgehead atoms. The molecular weight excluding hydrogens is 324 g/mol. The monoisotopic (exact) mass is 344 g/mol. The maximum atomic E-state index is 12.2. The molecule has 1 aromatic rings. The van der Waals surface area contributed by atoms with Crippen LogP contribution in [-0.2, 0) is 14.3 Å². The summed E-state index contributed by atoms with van der Waals surface area (Å²) in [5.74, 6) is 0.234. The summed E-state index contributed by atoms with van der Waals surface area (Å²) in [7, 11) is 4.47. The first-order chi connectivity index (χ1) is 10.9. The highest BCUT2D eigenvalue weighted by molar-refractivity contribution is 6.32. The standard InChI is InChI=1S/C15H21ClN2O5/c1-10(19)18(5-6-21-2)9-15(20)17-12-8-13(22-3)11(16)7-14(12)23-4/h7-8H,5-6,9H2,1-4H3,(H,17,20). The summed E-state index contributed by atoms with van der Waals surface area (Å²) in [6.07, 6.45) is 0. The predicted octanol–water partition coefficient (Wildman–Crippen LogP) is 1.79. The van der Waals surface area contributed by atoms with Gasteiger partial charge in [-0.3, -0.25) is 9.59 Å². The van der Waals surface area contributed by atoms with E-state index in [0.29, 0.717) is 35.4 Å². The highest BCUT2D eigenvalue weighted by atomic mass is 35.5. The highest BCUT2D eigenvalue weighted by Crippen LogP contribution is 2.35. The van der Waals surface area contributed by atoms with Gasteiger partial charge in [-0.15, -0.1) is 0 Å². The molecule has 1 aromatic carbocycles. The fraction of sp³-hybridized carbons (Fsp3) is 0.467. The molecular formula is C15H21ClN2O5. The van der Waals surface area contributed by atoms with Crippen LogP contribution in [0.5, 0.6) is 11.5 Å². The van der Waals surface area contributed by atoms with Gasteiger partial charge in [-0.2, -0.15) is 0 Å². The van der Waals surface area contributed by atoms with Crippen LogP contribution in [0.1, 0.15) is 6.92 Å². The number of hydrogen-bond donors (Lipinski definition) is 1. The number of halogens is 1. The van der Waals surface area contributed by atoms with E-state index >= 15 is 0 Å². The van der Waals surface area contributed by atoms with Gasteiger partial charge in [0.15, 0.2) is 0 Å². The largest absolute Gasteiger partial charge is 0.495 e. The van der Waals surface area contributed by atoms with Gasteiger partial charge in [0.2, 0.25) is 11.8 Å². The fourth-order valence-corrected chi connectivity index (χ4v) is 2.10. The molecule has 0 aromatic heterocycles. The van der Waals surface area contributed by atoms with E-state index in [1.807, 2.05) is 0 Å². The number of benzene rings is 1. The molecule has 0 atom stereocenters. The Balaban J connectivity index is 2.85. The van der Waals surface area contributed by atoms with E-state index in [4.69, 9.17) is 25.8 Å². The second-order valence-electron chi connectivity index (χ2n) is 4.67. The second kappa shape index (κ2) is 9.22. The quantitative estimate of drug-likeness (QED) is 0.778. The van der Waals surface area contributed by atoms with Crippen molar-refractivity contribution in [3.05, 3.63) is 17.2 Å². The number of anilines is 1. The molecule has 0 heterocycles. The second-order valence-corrected chi connectivity index (χ2v) is 5.08. The SMILES string of the molecule is COCCN(CC(=O)Nc1cc(OC)c(Cl)cc1OC)C(C)=O. The van der Waals surface area contributed by atoms with Crippen molar-refractivity contribution in [2.24, 2.45) is 0 Å². The first-order valence-electron chi connectivity index (χ1n) is 6.88. The lowest BCUT2D eigenvalue weighted by atomic mass is 10.2. The van der Waals surface area contributed by atoms with Gasteiger partial charge in [0.05, 0.1) is 38.1 Å². The number of ether oxygens (including phenoxy) is 3. The molecule has 0 saturated heterocycles. The van der Waals surface area contributed by atoms with E-state index in [1.165, 1.54) is 33.2 Å². The lowest BCUT2D eigenvalue weighted by Gasteiger charge is -2.20. The van der Waals surface area contributed by atoms with Crippen molar-refractivity contribution in [2.45, 2.75) is 6.92 Å². The Hall–Kier alpha value is -1.99. The van der Waals surface area contributed by atoms with Crippen LogP contribution in [-0.4, -0.2) is 57.7 Å². The molecule has 2 amide bonds. The van der Waals surface area contributed by atoms with Crippen LogP contribution < -0.4 is 14.8 Å². The van der Waals surface area contributed by atoms with Crippen LogP contribution in [0.2, 0.25) is 5.02 Å². The van der Waals surface area contributed by atoms with Crippen molar-refractivity contribution < 1.29 is 23.8 Å². The Morgan fingerprint density at radius 1 is 1.17 bits per heavy atom. The number of nitrogens with one attached hydrogen (secondary N) is 1. The topological polar surface area (TPSA) is 77.1 Å². The van der Waals surface area contributed by atoms with Gasteiger partial charge >= 0.3 is 0 Å². The lowest BCUT2D eigenvalue weighted by Crippen LogP contribution is -2.38. The number of nitrogens with zero attached hydrogens (tertiary/aromatic N) is 1. The Kier molecular flexibility index (Phi) is 7.64. The van der Waals surface area contributed by atoms with Crippen LogP contribution in [0.4, 0.5) is 5.69 Å². The lowest BCUT2D eigenvalue weighted by molar-refractivity contribution is -0.133. The Bertz CT molecular complexity index is 565. The minimum atomic E-state index is -0.362. The Morgan fingerprint density at radius 3 is 2.35 bits per heavy atom. The van der Waals surface area contributed by atoms with Gasteiger partial charge in [-0.25, -0.2) is 0 Å². The number of amides is 2. The van der Waals surface area contributed by atoms with Crippen LogP contribution in [0.3, 0.4) is 0 Å². The normalized spacial score (nSPS) is 10.1. The summed E-state index contributed by atoms with van der Waals surface area (Å²) in [4.78, 5) is 25.1. The first kappa shape index (κ1) is 19.1. The van der Waals surface area contributed by atoms with E-state index in [2.05, 4.69) is 5.32 Å². The maximum Gasteiger partial charge on any atom is 0.244 e. The molecule has 0 radical (unpaired) electrons.